The monoisotopic (exact) mass is 391 g/mol. The van der Waals surface area contributed by atoms with Gasteiger partial charge in [-0.2, -0.15) is 0 Å². The van der Waals surface area contributed by atoms with Gasteiger partial charge in [0, 0.05) is 12.5 Å². The number of hydrogen-bond donors (Lipinski definition) is 1. The maximum atomic E-state index is 13.5. The summed E-state index contributed by atoms with van der Waals surface area (Å²) in [7, 11) is 0. The highest BCUT2D eigenvalue weighted by molar-refractivity contribution is 5.39. The second kappa shape index (κ2) is 9.57. The van der Waals surface area contributed by atoms with Crippen molar-refractivity contribution < 1.29 is 17.9 Å². The lowest BCUT2D eigenvalue weighted by atomic mass is 9.86. The topological polar surface area (TPSA) is 21.3 Å². The Morgan fingerprint density at radius 2 is 1.89 bits per heavy atom. The third kappa shape index (κ3) is 4.58. The van der Waals surface area contributed by atoms with E-state index in [0.717, 1.165) is 41.8 Å². The molecule has 0 saturated carbocycles. The van der Waals surface area contributed by atoms with Gasteiger partial charge in [-0.1, -0.05) is 25.1 Å². The van der Waals surface area contributed by atoms with Crippen molar-refractivity contribution in [3.63, 3.8) is 0 Å². The zero-order valence-corrected chi connectivity index (χ0v) is 16.5. The number of rotatable bonds is 7. The molecule has 5 heteroatoms. The average molecular weight is 391 g/mol. The van der Waals surface area contributed by atoms with Crippen LogP contribution in [0, 0.1) is 12.7 Å². The fourth-order valence-electron chi connectivity index (χ4n) is 4.25. The Kier molecular flexibility index (Phi) is 7.13. The van der Waals surface area contributed by atoms with E-state index in [-0.39, 0.29) is 17.8 Å². The lowest BCUT2D eigenvalue weighted by Crippen LogP contribution is -2.40. The Labute approximate surface area is 165 Å². The van der Waals surface area contributed by atoms with Crippen molar-refractivity contribution >= 4 is 0 Å². The van der Waals surface area contributed by atoms with Crippen LogP contribution in [-0.4, -0.2) is 19.2 Å². The molecule has 2 nitrogen and oxygen atoms in total. The van der Waals surface area contributed by atoms with Crippen molar-refractivity contribution in [3.8, 4) is 0 Å². The molecule has 2 aromatic rings. The fourth-order valence-corrected chi connectivity index (χ4v) is 4.25. The molecule has 0 aromatic heterocycles. The van der Waals surface area contributed by atoms with E-state index in [1.165, 1.54) is 6.07 Å². The first kappa shape index (κ1) is 20.9. The average Bonchev–Trinajstić information content (AvgIpc) is 2.71. The summed E-state index contributed by atoms with van der Waals surface area (Å²) in [6, 6.07) is 8.27. The molecule has 1 N–H and O–H groups in total. The highest BCUT2D eigenvalue weighted by Crippen LogP contribution is 2.31. The zero-order valence-electron chi connectivity index (χ0n) is 16.5. The van der Waals surface area contributed by atoms with Crippen LogP contribution in [0.2, 0.25) is 0 Å². The Bertz CT molecular complexity index is 809. The van der Waals surface area contributed by atoms with Crippen LogP contribution in [0.15, 0.2) is 30.3 Å². The molecule has 0 spiro atoms. The van der Waals surface area contributed by atoms with Crippen LogP contribution < -0.4 is 5.32 Å². The van der Waals surface area contributed by atoms with Gasteiger partial charge in [0.15, 0.2) is 0 Å². The second-order valence-electron chi connectivity index (χ2n) is 7.46. The predicted octanol–water partition coefficient (Wildman–Crippen LogP) is 5.30. The third-order valence-corrected chi connectivity index (χ3v) is 5.65. The van der Waals surface area contributed by atoms with Crippen molar-refractivity contribution in [2.75, 3.05) is 13.1 Å². The second-order valence-corrected chi connectivity index (χ2v) is 7.46. The third-order valence-electron chi connectivity index (χ3n) is 5.65. The predicted molar refractivity (Wildman–Crippen MR) is 105 cm³/mol. The van der Waals surface area contributed by atoms with Crippen molar-refractivity contribution in [2.24, 2.45) is 0 Å². The number of aryl methyl sites for hydroxylation is 1. The van der Waals surface area contributed by atoms with Gasteiger partial charge in [-0.15, -0.1) is 0 Å². The molecule has 1 fully saturated rings. The molecule has 1 heterocycles. The van der Waals surface area contributed by atoms with E-state index in [4.69, 9.17) is 4.74 Å². The molecule has 0 radical (unpaired) electrons. The number of alkyl halides is 2. The van der Waals surface area contributed by atoms with Crippen molar-refractivity contribution in [2.45, 2.75) is 58.7 Å². The molecule has 2 unspecified atom stereocenters. The van der Waals surface area contributed by atoms with Gasteiger partial charge in [0.05, 0.1) is 12.7 Å². The van der Waals surface area contributed by atoms with Crippen LogP contribution >= 0.6 is 0 Å². The molecule has 1 saturated heterocycles. The fraction of sp³-hybridized carbons (Fsp3) is 0.478. The summed E-state index contributed by atoms with van der Waals surface area (Å²) in [6.07, 6.45) is 1.48. The van der Waals surface area contributed by atoms with E-state index < -0.39 is 13.3 Å². The molecule has 0 aliphatic carbocycles. The first-order valence-electron chi connectivity index (χ1n) is 9.91. The van der Waals surface area contributed by atoms with Gasteiger partial charge in [0.1, 0.15) is 19.2 Å². The van der Waals surface area contributed by atoms with Crippen LogP contribution in [0.4, 0.5) is 13.2 Å². The van der Waals surface area contributed by atoms with Gasteiger partial charge in [-0.05, 0) is 71.8 Å². The normalized spacial score (nSPS) is 19.8. The van der Waals surface area contributed by atoms with Crippen molar-refractivity contribution in [1.82, 2.24) is 5.32 Å². The van der Waals surface area contributed by atoms with E-state index >= 15 is 0 Å². The summed E-state index contributed by atoms with van der Waals surface area (Å²) in [5.74, 6) is -0.124. The highest BCUT2D eigenvalue weighted by Gasteiger charge is 2.28. The van der Waals surface area contributed by atoms with Gasteiger partial charge >= 0.3 is 0 Å². The summed E-state index contributed by atoms with van der Waals surface area (Å²) >= 11 is 0. The van der Waals surface area contributed by atoms with Crippen LogP contribution in [0.25, 0.3) is 0 Å². The van der Waals surface area contributed by atoms with Gasteiger partial charge < -0.3 is 10.1 Å². The molecule has 2 aromatic carbocycles. The molecule has 1 aliphatic heterocycles. The van der Waals surface area contributed by atoms with Crippen molar-refractivity contribution in [1.29, 1.82) is 0 Å². The van der Waals surface area contributed by atoms with Gasteiger partial charge in [0.25, 0.3) is 0 Å². The van der Waals surface area contributed by atoms with E-state index in [1.807, 2.05) is 19.9 Å². The standard InChI is InChI=1S/C23H28F3NO/c1-3-20-17(12-25)9-16(11-24)10-18(20)14-28-23-6-7-27-13-22(23)21-5-4-19(26)8-15(21)2/h4-5,8-10,22-23,27H,3,6-7,11-14H2,1-2H3. The Morgan fingerprint density at radius 1 is 1.11 bits per heavy atom. The molecule has 152 valence electrons. The van der Waals surface area contributed by atoms with E-state index in [9.17, 15) is 13.2 Å². The minimum atomic E-state index is -0.616. The van der Waals surface area contributed by atoms with E-state index in [2.05, 4.69) is 5.32 Å². The Hall–Kier alpha value is -1.85. The number of piperidine rings is 1. The largest absolute Gasteiger partial charge is 0.373 e. The van der Waals surface area contributed by atoms with Crippen LogP contribution in [0.1, 0.15) is 52.6 Å². The lowest BCUT2D eigenvalue weighted by Gasteiger charge is -2.33. The van der Waals surface area contributed by atoms with E-state index in [1.54, 1.807) is 18.2 Å². The first-order chi connectivity index (χ1) is 13.6. The first-order valence-corrected chi connectivity index (χ1v) is 9.91. The molecule has 28 heavy (non-hydrogen) atoms. The SMILES string of the molecule is CCc1c(CF)cc(CF)cc1COC1CCNCC1c1ccc(F)cc1C. The van der Waals surface area contributed by atoms with Crippen LogP contribution in [0.5, 0.6) is 0 Å². The number of nitrogens with one attached hydrogen (secondary N) is 1. The minimum absolute atomic E-state index is 0.0297. The number of hydrogen-bond acceptors (Lipinski definition) is 2. The zero-order chi connectivity index (χ0) is 20.1. The molecule has 0 bridgehead atoms. The number of benzene rings is 2. The summed E-state index contributed by atoms with van der Waals surface area (Å²) < 4.78 is 46.4. The maximum Gasteiger partial charge on any atom is 0.123 e. The minimum Gasteiger partial charge on any atom is -0.373 e. The van der Waals surface area contributed by atoms with Crippen LogP contribution in [0.3, 0.4) is 0 Å². The lowest BCUT2D eigenvalue weighted by molar-refractivity contribution is 0.00641. The molecular weight excluding hydrogens is 363 g/mol. The molecule has 3 rings (SSSR count). The molecule has 0 amide bonds. The summed E-state index contributed by atoms with van der Waals surface area (Å²) in [4.78, 5) is 0. The maximum absolute atomic E-state index is 13.5. The van der Waals surface area contributed by atoms with Crippen LogP contribution in [-0.2, 0) is 31.1 Å². The quantitative estimate of drug-likeness (QED) is 0.692. The number of halogens is 3. The summed E-state index contributed by atoms with van der Waals surface area (Å²) in [5.41, 5.74) is 4.79. The Balaban J connectivity index is 1.82. The number of ether oxygens (including phenoxy) is 1. The van der Waals surface area contributed by atoms with Gasteiger partial charge in [-0.25, -0.2) is 13.2 Å². The molecule has 1 aliphatic rings. The molecular formula is C23H28F3NO. The van der Waals surface area contributed by atoms with Gasteiger partial charge in [0.2, 0.25) is 0 Å². The van der Waals surface area contributed by atoms with Gasteiger partial charge in [-0.3, -0.25) is 0 Å². The van der Waals surface area contributed by atoms with E-state index in [0.29, 0.717) is 24.2 Å². The summed E-state index contributed by atoms with van der Waals surface area (Å²) in [5, 5.41) is 3.39. The Morgan fingerprint density at radius 3 is 2.57 bits per heavy atom. The molecule has 2 atom stereocenters. The highest BCUT2D eigenvalue weighted by atomic mass is 19.1. The smallest absolute Gasteiger partial charge is 0.123 e. The summed E-state index contributed by atoms with van der Waals surface area (Å²) in [6.45, 7) is 4.61. The van der Waals surface area contributed by atoms with Crippen molar-refractivity contribution in [3.05, 3.63) is 69.5 Å².